The fourth-order valence-corrected chi connectivity index (χ4v) is 5.27. The zero-order chi connectivity index (χ0) is 20.3. The van der Waals surface area contributed by atoms with Gasteiger partial charge in [-0.2, -0.15) is 0 Å². The van der Waals surface area contributed by atoms with E-state index in [0.29, 0.717) is 11.0 Å². The van der Waals surface area contributed by atoms with E-state index in [0.717, 1.165) is 24.8 Å². The molecule has 0 amide bonds. The molecule has 0 radical (unpaired) electrons. The normalized spacial score (nSPS) is 23.6. The molecule has 0 spiro atoms. The van der Waals surface area contributed by atoms with E-state index in [2.05, 4.69) is 48.2 Å². The van der Waals surface area contributed by atoms with Gasteiger partial charge in [-0.1, -0.05) is 49.4 Å². The number of hydrogen-bond acceptors (Lipinski definition) is 2. The van der Waals surface area contributed by atoms with E-state index in [1.54, 1.807) is 6.07 Å². The molecule has 2 aliphatic rings. The third-order valence-corrected chi connectivity index (χ3v) is 7.31. The van der Waals surface area contributed by atoms with Crippen LogP contribution in [0.15, 0.2) is 54.6 Å². The Morgan fingerprint density at radius 2 is 1.86 bits per heavy atom. The number of hydrogen-bond donors (Lipinski definition) is 1. The fourth-order valence-electron chi connectivity index (χ4n) is 5.27. The van der Waals surface area contributed by atoms with Crippen molar-refractivity contribution in [3.8, 4) is 0 Å². The Kier molecular flexibility index (Phi) is 6.05. The summed E-state index contributed by atoms with van der Waals surface area (Å²) in [5, 5.41) is 9.36. The van der Waals surface area contributed by atoms with Crippen molar-refractivity contribution in [3.63, 3.8) is 0 Å². The quantitative estimate of drug-likeness (QED) is 0.635. The predicted octanol–water partition coefficient (Wildman–Crippen LogP) is 5.61. The van der Waals surface area contributed by atoms with Gasteiger partial charge in [-0.25, -0.2) is 4.79 Å². The van der Waals surface area contributed by atoms with Crippen molar-refractivity contribution < 1.29 is 9.90 Å². The lowest BCUT2D eigenvalue weighted by Crippen LogP contribution is -2.41. The van der Waals surface area contributed by atoms with Crippen molar-refractivity contribution in [2.75, 3.05) is 19.6 Å². The number of piperidine rings is 1. The lowest BCUT2D eigenvalue weighted by Gasteiger charge is -2.42. The van der Waals surface area contributed by atoms with Gasteiger partial charge in [-0.15, -0.1) is 0 Å². The van der Waals surface area contributed by atoms with Crippen LogP contribution in [0.3, 0.4) is 0 Å². The Hall–Kier alpha value is -2.13. The Labute approximate surface area is 174 Å². The summed E-state index contributed by atoms with van der Waals surface area (Å²) in [6.45, 7) is 5.71. The Morgan fingerprint density at radius 3 is 2.55 bits per heavy atom. The molecule has 1 aliphatic heterocycles. The van der Waals surface area contributed by atoms with Gasteiger partial charge >= 0.3 is 5.97 Å². The minimum absolute atomic E-state index is 0.312. The molecule has 0 aromatic heterocycles. The summed E-state index contributed by atoms with van der Waals surface area (Å²) in [7, 11) is 0. The minimum atomic E-state index is -0.828. The molecule has 2 aromatic carbocycles. The molecule has 1 saturated carbocycles. The van der Waals surface area contributed by atoms with E-state index < -0.39 is 5.97 Å². The van der Waals surface area contributed by atoms with Crippen molar-refractivity contribution in [3.05, 3.63) is 71.3 Å². The number of carboxylic acid groups (broad SMARTS) is 1. The Bertz CT molecular complexity index is 824. The van der Waals surface area contributed by atoms with Crippen LogP contribution < -0.4 is 0 Å². The fraction of sp³-hybridized carbons (Fsp3) is 0.500. The highest BCUT2D eigenvalue weighted by Gasteiger charge is 2.41. The molecular formula is C26H33NO2. The SMILES string of the molecule is CCN1CCC(CC[C@@H]2CC2c2ccccc2)(Cc2cccc(C(=O)O)c2)CC1. The number of benzene rings is 2. The van der Waals surface area contributed by atoms with Crippen LogP contribution in [-0.4, -0.2) is 35.6 Å². The van der Waals surface area contributed by atoms with Gasteiger partial charge in [0.2, 0.25) is 0 Å². The van der Waals surface area contributed by atoms with Crippen molar-refractivity contribution in [2.24, 2.45) is 11.3 Å². The summed E-state index contributed by atoms with van der Waals surface area (Å²) < 4.78 is 0. The van der Waals surface area contributed by atoms with Gasteiger partial charge in [0.1, 0.15) is 0 Å². The molecule has 1 N–H and O–H groups in total. The molecule has 2 fully saturated rings. The third kappa shape index (κ3) is 4.90. The second kappa shape index (κ2) is 8.71. The van der Waals surface area contributed by atoms with Crippen molar-refractivity contribution in [1.82, 2.24) is 4.90 Å². The number of rotatable bonds is 8. The van der Waals surface area contributed by atoms with Gasteiger partial charge < -0.3 is 10.0 Å². The van der Waals surface area contributed by atoms with E-state index in [-0.39, 0.29) is 0 Å². The van der Waals surface area contributed by atoms with Gasteiger partial charge in [0.25, 0.3) is 0 Å². The standard InChI is InChI=1S/C26H33NO2/c1-2-27-15-13-26(14-16-27,19-20-7-6-10-23(17-20)25(28)29)12-11-22-18-24(22)21-8-4-3-5-9-21/h3-10,17,22,24H,2,11-16,18-19H2,1H3,(H,28,29)/t22-,24?/m1/s1. The van der Waals surface area contributed by atoms with E-state index in [1.807, 2.05) is 12.1 Å². The Morgan fingerprint density at radius 1 is 1.10 bits per heavy atom. The monoisotopic (exact) mass is 391 g/mol. The van der Waals surface area contributed by atoms with Crippen LogP contribution in [-0.2, 0) is 6.42 Å². The largest absolute Gasteiger partial charge is 0.478 e. The highest BCUT2D eigenvalue weighted by molar-refractivity contribution is 5.87. The maximum absolute atomic E-state index is 11.4. The van der Waals surface area contributed by atoms with Crippen molar-refractivity contribution in [2.45, 2.75) is 51.4 Å². The minimum Gasteiger partial charge on any atom is -0.478 e. The molecular weight excluding hydrogens is 358 g/mol. The molecule has 3 heteroatoms. The molecule has 1 aliphatic carbocycles. The smallest absolute Gasteiger partial charge is 0.335 e. The van der Waals surface area contributed by atoms with Crippen LogP contribution in [0.5, 0.6) is 0 Å². The maximum Gasteiger partial charge on any atom is 0.335 e. The summed E-state index contributed by atoms with van der Waals surface area (Å²) in [6, 6.07) is 18.6. The van der Waals surface area contributed by atoms with Crippen LogP contribution in [0, 0.1) is 11.3 Å². The zero-order valence-electron chi connectivity index (χ0n) is 17.5. The molecule has 1 heterocycles. The molecule has 1 saturated heterocycles. The molecule has 3 nitrogen and oxygen atoms in total. The van der Waals surface area contributed by atoms with E-state index >= 15 is 0 Å². The van der Waals surface area contributed by atoms with Gasteiger partial charge in [-0.3, -0.25) is 0 Å². The van der Waals surface area contributed by atoms with Crippen LogP contribution in [0.1, 0.15) is 66.4 Å². The van der Waals surface area contributed by atoms with Gasteiger partial charge in [0.05, 0.1) is 5.56 Å². The molecule has 4 rings (SSSR count). The lowest BCUT2D eigenvalue weighted by atomic mass is 9.70. The lowest BCUT2D eigenvalue weighted by molar-refractivity contribution is 0.0696. The van der Waals surface area contributed by atoms with Crippen LogP contribution in [0.25, 0.3) is 0 Å². The summed E-state index contributed by atoms with van der Waals surface area (Å²) >= 11 is 0. The predicted molar refractivity (Wildman–Crippen MR) is 117 cm³/mol. The average molecular weight is 392 g/mol. The van der Waals surface area contributed by atoms with Crippen LogP contribution in [0.4, 0.5) is 0 Å². The zero-order valence-corrected chi connectivity index (χ0v) is 17.5. The second-order valence-corrected chi connectivity index (χ2v) is 9.17. The van der Waals surface area contributed by atoms with Crippen molar-refractivity contribution >= 4 is 5.97 Å². The second-order valence-electron chi connectivity index (χ2n) is 9.17. The van der Waals surface area contributed by atoms with Crippen LogP contribution >= 0.6 is 0 Å². The molecule has 29 heavy (non-hydrogen) atoms. The maximum atomic E-state index is 11.4. The number of aromatic carboxylic acids is 1. The van der Waals surface area contributed by atoms with E-state index in [1.165, 1.54) is 56.3 Å². The first kappa shape index (κ1) is 20.2. The van der Waals surface area contributed by atoms with Crippen molar-refractivity contribution in [1.29, 1.82) is 0 Å². The highest BCUT2D eigenvalue weighted by Crippen LogP contribution is 2.52. The summed E-state index contributed by atoms with van der Waals surface area (Å²) in [4.78, 5) is 13.9. The average Bonchev–Trinajstić information content (AvgIpc) is 3.54. The molecule has 0 bridgehead atoms. The summed E-state index contributed by atoms with van der Waals surface area (Å²) in [5.41, 5.74) is 3.41. The molecule has 2 aromatic rings. The van der Waals surface area contributed by atoms with Gasteiger partial charge in [-0.05, 0) is 98.7 Å². The van der Waals surface area contributed by atoms with Gasteiger partial charge in [0.15, 0.2) is 0 Å². The summed E-state index contributed by atoms with van der Waals surface area (Å²) in [5.74, 6) is 0.744. The number of carboxylic acids is 1. The highest BCUT2D eigenvalue weighted by atomic mass is 16.4. The van der Waals surface area contributed by atoms with Crippen LogP contribution in [0.2, 0.25) is 0 Å². The molecule has 2 atom stereocenters. The first-order valence-corrected chi connectivity index (χ1v) is 11.2. The number of nitrogens with zero attached hydrogens (tertiary/aromatic N) is 1. The first-order valence-electron chi connectivity index (χ1n) is 11.2. The van der Waals surface area contributed by atoms with E-state index in [9.17, 15) is 9.90 Å². The molecule has 1 unspecified atom stereocenters. The number of carbonyl (C=O) groups is 1. The van der Waals surface area contributed by atoms with Gasteiger partial charge in [0, 0.05) is 0 Å². The molecule has 154 valence electrons. The number of likely N-dealkylation sites (tertiary alicyclic amines) is 1. The third-order valence-electron chi connectivity index (χ3n) is 7.31. The Balaban J connectivity index is 1.44. The summed E-state index contributed by atoms with van der Waals surface area (Å²) in [6.07, 6.45) is 7.34. The van der Waals surface area contributed by atoms with E-state index in [4.69, 9.17) is 0 Å². The first-order chi connectivity index (χ1) is 14.1. The topological polar surface area (TPSA) is 40.5 Å².